The van der Waals surface area contributed by atoms with Gasteiger partial charge in [-0.25, -0.2) is 9.59 Å². The fourth-order valence-electron chi connectivity index (χ4n) is 1.88. The van der Waals surface area contributed by atoms with Crippen LogP contribution in [0.1, 0.15) is 34.1 Å². The maximum absolute atomic E-state index is 12.1. The molecule has 0 saturated heterocycles. The molecule has 124 valence electrons. The molecule has 0 aliphatic rings. The van der Waals surface area contributed by atoms with E-state index in [9.17, 15) is 19.7 Å². The first-order chi connectivity index (χ1) is 11.5. The summed E-state index contributed by atoms with van der Waals surface area (Å²) in [5.41, 5.74) is 0.0947. The Labute approximate surface area is 138 Å². The highest BCUT2D eigenvalue weighted by Gasteiger charge is 2.14. The summed E-state index contributed by atoms with van der Waals surface area (Å²) in [6.45, 7) is 2.18. The monoisotopic (exact) mass is 329 g/mol. The van der Waals surface area contributed by atoms with E-state index >= 15 is 0 Å². The molecule has 0 aliphatic heterocycles. The molecule has 0 aliphatic carbocycles. The second-order valence-electron chi connectivity index (χ2n) is 4.86. The van der Waals surface area contributed by atoms with E-state index in [0.29, 0.717) is 13.0 Å². The Hall–Kier alpha value is -3.22. The van der Waals surface area contributed by atoms with Crippen LogP contribution in [-0.4, -0.2) is 23.5 Å². The third-order valence-corrected chi connectivity index (χ3v) is 3.01. The number of carbonyl (C=O) groups excluding carboxylic acids is 2. The summed E-state index contributed by atoms with van der Waals surface area (Å²) < 4.78 is 10.2. The van der Waals surface area contributed by atoms with Gasteiger partial charge >= 0.3 is 11.9 Å². The average molecular weight is 329 g/mol. The second kappa shape index (κ2) is 7.87. The molecule has 0 fully saturated rings. The summed E-state index contributed by atoms with van der Waals surface area (Å²) in [5, 5.41) is 10.7. The summed E-state index contributed by atoms with van der Waals surface area (Å²) in [7, 11) is 0. The highest BCUT2D eigenvalue weighted by molar-refractivity contribution is 5.93. The molecule has 0 N–H and O–H groups in total. The van der Waals surface area contributed by atoms with Crippen molar-refractivity contribution < 1.29 is 24.0 Å². The zero-order valence-corrected chi connectivity index (χ0v) is 12.9. The van der Waals surface area contributed by atoms with Gasteiger partial charge in [-0.15, -0.1) is 0 Å². The molecule has 0 atom stereocenters. The maximum atomic E-state index is 12.1. The van der Waals surface area contributed by atoms with Crippen molar-refractivity contribution >= 4 is 17.6 Å². The van der Waals surface area contributed by atoms with Crippen LogP contribution in [0.4, 0.5) is 5.69 Å². The molecule has 2 aromatic rings. The summed E-state index contributed by atoms with van der Waals surface area (Å²) in [4.78, 5) is 34.0. The minimum absolute atomic E-state index is 0.0446. The standard InChI is InChI=1S/C17H15NO6/c1-2-9-23-16(19)13-6-4-8-15(11-13)24-17(20)12-5-3-7-14(10-12)18(21)22/h3-8,10-11H,2,9H2,1H3. The molecule has 0 spiro atoms. The van der Waals surface area contributed by atoms with Crippen molar-refractivity contribution in [2.45, 2.75) is 13.3 Å². The highest BCUT2D eigenvalue weighted by Crippen LogP contribution is 2.18. The van der Waals surface area contributed by atoms with Crippen LogP contribution in [0.3, 0.4) is 0 Å². The molecule has 7 nitrogen and oxygen atoms in total. The van der Waals surface area contributed by atoms with Gasteiger partial charge in [0, 0.05) is 12.1 Å². The van der Waals surface area contributed by atoms with Crippen molar-refractivity contribution in [3.05, 3.63) is 69.8 Å². The lowest BCUT2D eigenvalue weighted by Crippen LogP contribution is -2.10. The maximum Gasteiger partial charge on any atom is 0.343 e. The van der Waals surface area contributed by atoms with Gasteiger partial charge in [0.25, 0.3) is 5.69 Å². The van der Waals surface area contributed by atoms with Crippen LogP contribution < -0.4 is 4.74 Å². The largest absolute Gasteiger partial charge is 0.462 e. The lowest BCUT2D eigenvalue weighted by atomic mass is 10.2. The number of nitrogens with zero attached hydrogens (tertiary/aromatic N) is 1. The van der Waals surface area contributed by atoms with Crippen LogP contribution in [-0.2, 0) is 4.74 Å². The Kier molecular flexibility index (Phi) is 5.62. The molecule has 2 rings (SSSR count). The number of rotatable bonds is 6. The quantitative estimate of drug-likeness (QED) is 0.349. The Balaban J connectivity index is 2.13. The number of esters is 2. The summed E-state index contributed by atoms with van der Waals surface area (Å²) >= 11 is 0. The number of nitro groups is 1. The van der Waals surface area contributed by atoms with Crippen molar-refractivity contribution in [2.75, 3.05) is 6.61 Å². The van der Waals surface area contributed by atoms with Gasteiger partial charge in [0.05, 0.1) is 22.7 Å². The predicted molar refractivity (Wildman–Crippen MR) is 85.1 cm³/mol. The molecule has 2 aromatic carbocycles. The van der Waals surface area contributed by atoms with Crippen molar-refractivity contribution in [1.82, 2.24) is 0 Å². The molecule has 24 heavy (non-hydrogen) atoms. The van der Waals surface area contributed by atoms with Crippen LogP contribution in [0, 0.1) is 10.1 Å². The molecule has 0 saturated carbocycles. The molecule has 0 radical (unpaired) electrons. The van der Waals surface area contributed by atoms with Crippen LogP contribution in [0.25, 0.3) is 0 Å². The Morgan fingerprint density at radius 3 is 2.38 bits per heavy atom. The van der Waals surface area contributed by atoms with Crippen molar-refractivity contribution in [1.29, 1.82) is 0 Å². The van der Waals surface area contributed by atoms with Crippen LogP contribution in [0.2, 0.25) is 0 Å². The third-order valence-electron chi connectivity index (χ3n) is 3.01. The second-order valence-corrected chi connectivity index (χ2v) is 4.86. The number of nitro benzene ring substituents is 1. The number of ether oxygens (including phenoxy) is 2. The van der Waals surface area contributed by atoms with Crippen molar-refractivity contribution in [3.63, 3.8) is 0 Å². The number of non-ortho nitro benzene ring substituents is 1. The van der Waals surface area contributed by atoms with Gasteiger partial charge in [-0.3, -0.25) is 10.1 Å². The topological polar surface area (TPSA) is 95.7 Å². The van der Waals surface area contributed by atoms with E-state index in [4.69, 9.17) is 9.47 Å². The van der Waals surface area contributed by atoms with Crippen LogP contribution in [0.5, 0.6) is 5.75 Å². The van der Waals surface area contributed by atoms with Gasteiger partial charge in [-0.2, -0.15) is 0 Å². The lowest BCUT2D eigenvalue weighted by molar-refractivity contribution is -0.384. The van der Waals surface area contributed by atoms with E-state index in [1.807, 2.05) is 6.92 Å². The summed E-state index contributed by atoms with van der Waals surface area (Å²) in [6.07, 6.45) is 0.702. The van der Waals surface area contributed by atoms with E-state index in [1.165, 1.54) is 30.3 Å². The third kappa shape index (κ3) is 4.39. The van der Waals surface area contributed by atoms with Gasteiger partial charge in [0.15, 0.2) is 0 Å². The molecular formula is C17H15NO6. The number of benzene rings is 2. The molecule has 0 amide bonds. The van der Waals surface area contributed by atoms with E-state index in [0.717, 1.165) is 6.07 Å². The lowest BCUT2D eigenvalue weighted by Gasteiger charge is -2.07. The van der Waals surface area contributed by atoms with Gasteiger partial charge in [-0.05, 0) is 30.7 Å². The summed E-state index contributed by atoms with van der Waals surface area (Å²) in [5.74, 6) is -1.11. The fraction of sp³-hybridized carbons (Fsp3) is 0.176. The zero-order valence-electron chi connectivity index (χ0n) is 12.9. The first kappa shape index (κ1) is 17.1. The molecule has 7 heteroatoms. The predicted octanol–water partition coefficient (Wildman–Crippen LogP) is 3.38. The minimum Gasteiger partial charge on any atom is -0.462 e. The van der Waals surface area contributed by atoms with Gasteiger partial charge < -0.3 is 9.47 Å². The SMILES string of the molecule is CCCOC(=O)c1cccc(OC(=O)c2cccc([N+](=O)[O-])c2)c1. The highest BCUT2D eigenvalue weighted by atomic mass is 16.6. The van der Waals surface area contributed by atoms with Crippen molar-refractivity contribution in [3.8, 4) is 5.75 Å². The Morgan fingerprint density at radius 1 is 1.04 bits per heavy atom. The van der Waals surface area contributed by atoms with Gasteiger partial charge in [-0.1, -0.05) is 19.1 Å². The molecule has 0 bridgehead atoms. The van der Waals surface area contributed by atoms with Crippen molar-refractivity contribution in [2.24, 2.45) is 0 Å². The van der Waals surface area contributed by atoms with Crippen LogP contribution in [0.15, 0.2) is 48.5 Å². The number of hydrogen-bond donors (Lipinski definition) is 0. The molecule has 0 aromatic heterocycles. The number of hydrogen-bond acceptors (Lipinski definition) is 6. The first-order valence-electron chi connectivity index (χ1n) is 7.25. The average Bonchev–Trinajstić information content (AvgIpc) is 2.60. The number of carbonyl (C=O) groups is 2. The Bertz CT molecular complexity index is 771. The normalized spacial score (nSPS) is 10.0. The van der Waals surface area contributed by atoms with Crippen LogP contribution >= 0.6 is 0 Å². The first-order valence-corrected chi connectivity index (χ1v) is 7.25. The molecule has 0 unspecified atom stereocenters. The molecule has 0 heterocycles. The smallest absolute Gasteiger partial charge is 0.343 e. The summed E-state index contributed by atoms with van der Waals surface area (Å²) in [6, 6.07) is 11.2. The fourth-order valence-corrected chi connectivity index (χ4v) is 1.88. The van der Waals surface area contributed by atoms with E-state index < -0.39 is 16.9 Å². The van der Waals surface area contributed by atoms with Gasteiger partial charge in [0.2, 0.25) is 0 Å². The van der Waals surface area contributed by atoms with E-state index in [-0.39, 0.29) is 22.6 Å². The Morgan fingerprint density at radius 2 is 1.71 bits per heavy atom. The molecular weight excluding hydrogens is 314 g/mol. The van der Waals surface area contributed by atoms with E-state index in [1.54, 1.807) is 12.1 Å². The van der Waals surface area contributed by atoms with E-state index in [2.05, 4.69) is 0 Å². The minimum atomic E-state index is -0.752. The zero-order chi connectivity index (χ0) is 17.5. The van der Waals surface area contributed by atoms with Gasteiger partial charge in [0.1, 0.15) is 5.75 Å².